The number of anilines is 1. The van der Waals surface area contributed by atoms with E-state index in [9.17, 15) is 8.42 Å². The highest BCUT2D eigenvalue weighted by atomic mass is 32.2. The Morgan fingerprint density at radius 3 is 2.78 bits per heavy atom. The van der Waals surface area contributed by atoms with Gasteiger partial charge >= 0.3 is 10.2 Å². The summed E-state index contributed by atoms with van der Waals surface area (Å²) in [4.78, 5) is 12.1. The van der Waals surface area contributed by atoms with Gasteiger partial charge in [0.25, 0.3) is 0 Å². The van der Waals surface area contributed by atoms with Crippen LogP contribution in [-0.4, -0.2) is 58.4 Å². The van der Waals surface area contributed by atoms with Crippen LogP contribution in [0.3, 0.4) is 0 Å². The number of nitrogens with zero attached hydrogens (tertiary/aromatic N) is 4. The summed E-state index contributed by atoms with van der Waals surface area (Å²) in [7, 11) is -3.57. The molecule has 0 amide bonds. The van der Waals surface area contributed by atoms with Crippen LogP contribution in [0.1, 0.15) is 37.2 Å². The van der Waals surface area contributed by atoms with E-state index >= 15 is 0 Å². The molecule has 5 heterocycles. The van der Waals surface area contributed by atoms with Crippen LogP contribution in [0.25, 0.3) is 16.8 Å². The Bertz CT molecular complexity index is 1080. The van der Waals surface area contributed by atoms with Crippen LogP contribution in [-0.2, 0) is 14.9 Å². The van der Waals surface area contributed by atoms with E-state index in [1.807, 2.05) is 10.6 Å². The summed E-state index contributed by atoms with van der Waals surface area (Å²) < 4.78 is 36.6. The molecule has 2 aliphatic heterocycles. The third-order valence-electron chi connectivity index (χ3n) is 5.44. The lowest BCUT2D eigenvalue weighted by atomic mass is 9.93. The maximum absolute atomic E-state index is 12.5. The molecule has 0 saturated carbocycles. The molecule has 10 heteroatoms. The van der Waals surface area contributed by atoms with Gasteiger partial charge in [-0.25, -0.2) is 9.97 Å². The van der Waals surface area contributed by atoms with Crippen LogP contribution in [0.2, 0.25) is 0 Å². The van der Waals surface area contributed by atoms with Gasteiger partial charge in [-0.2, -0.15) is 12.7 Å². The number of ether oxygens (including phenoxy) is 1. The highest BCUT2D eigenvalue weighted by Gasteiger charge is 2.26. The minimum Gasteiger partial charge on any atom is -0.381 e. The lowest BCUT2D eigenvalue weighted by Gasteiger charge is -2.21. The molecule has 2 aliphatic rings. The molecule has 0 unspecified atom stereocenters. The number of H-pyrrole nitrogens is 1. The zero-order valence-corrected chi connectivity index (χ0v) is 15.7. The standard InChI is InChI=1S/C17H22N6O3S/c24-27(25,22-5-1-2-6-22)21-14-11-23-15(20-14)10-19-17-16(23)13(9-18-17)12-3-7-26-8-4-12/h9-12,18,21H,1-8H2. The highest BCUT2D eigenvalue weighted by Crippen LogP contribution is 2.32. The molecule has 0 bridgehead atoms. The minimum absolute atomic E-state index is 0.315. The number of aromatic nitrogens is 4. The first-order valence-electron chi connectivity index (χ1n) is 9.32. The topological polar surface area (TPSA) is 105 Å². The molecule has 3 aromatic heterocycles. The summed E-state index contributed by atoms with van der Waals surface area (Å²) in [6.07, 6.45) is 9.12. The summed E-state index contributed by atoms with van der Waals surface area (Å²) in [5.41, 5.74) is 3.53. The lowest BCUT2D eigenvalue weighted by molar-refractivity contribution is 0.0856. The predicted octanol–water partition coefficient (Wildman–Crippen LogP) is 1.86. The molecule has 0 aromatic carbocycles. The molecule has 2 fully saturated rings. The Labute approximate surface area is 156 Å². The van der Waals surface area contributed by atoms with Crippen molar-refractivity contribution in [1.82, 2.24) is 23.7 Å². The molecule has 0 aliphatic carbocycles. The van der Waals surface area contributed by atoms with Gasteiger partial charge in [-0.1, -0.05) is 0 Å². The number of fused-ring (bicyclic) bond motifs is 3. The first-order valence-corrected chi connectivity index (χ1v) is 10.8. The van der Waals surface area contributed by atoms with Crippen molar-refractivity contribution < 1.29 is 13.2 Å². The third-order valence-corrected chi connectivity index (χ3v) is 6.96. The number of aromatic amines is 1. The molecule has 3 aromatic rings. The van der Waals surface area contributed by atoms with Crippen molar-refractivity contribution in [1.29, 1.82) is 0 Å². The van der Waals surface area contributed by atoms with Crippen LogP contribution in [0, 0.1) is 0 Å². The third kappa shape index (κ3) is 2.97. The summed E-state index contributed by atoms with van der Waals surface area (Å²) >= 11 is 0. The van der Waals surface area contributed by atoms with Crippen molar-refractivity contribution in [3.8, 4) is 0 Å². The Morgan fingerprint density at radius 1 is 1.22 bits per heavy atom. The fraction of sp³-hybridized carbons (Fsp3) is 0.529. The van der Waals surface area contributed by atoms with Crippen molar-refractivity contribution in [3.05, 3.63) is 24.2 Å². The second-order valence-corrected chi connectivity index (χ2v) is 8.82. The number of rotatable bonds is 4. The normalized spacial score (nSPS) is 20.0. The minimum atomic E-state index is -3.57. The zero-order chi connectivity index (χ0) is 18.4. The Kier molecular flexibility index (Phi) is 4.06. The molecule has 2 saturated heterocycles. The Morgan fingerprint density at radius 2 is 2.00 bits per heavy atom. The second kappa shape index (κ2) is 6.47. The van der Waals surface area contributed by atoms with Gasteiger partial charge in [0, 0.05) is 32.5 Å². The largest absolute Gasteiger partial charge is 0.381 e. The SMILES string of the molecule is O=S(=O)(Nc1cn2c(cnc3[nH]cc(C4CCOCC4)c32)n1)N1CCCC1. The summed E-state index contributed by atoms with van der Waals surface area (Å²) in [5, 5.41) is 0. The van der Waals surface area contributed by atoms with Crippen LogP contribution in [0.5, 0.6) is 0 Å². The number of hydrogen-bond donors (Lipinski definition) is 2. The fourth-order valence-electron chi connectivity index (χ4n) is 4.05. The molecule has 5 rings (SSSR count). The van der Waals surface area contributed by atoms with Crippen LogP contribution in [0.15, 0.2) is 18.6 Å². The number of nitrogens with one attached hydrogen (secondary N) is 2. The van der Waals surface area contributed by atoms with Crippen molar-refractivity contribution in [2.45, 2.75) is 31.6 Å². The van der Waals surface area contributed by atoms with Gasteiger partial charge in [0.15, 0.2) is 17.1 Å². The van der Waals surface area contributed by atoms with Crippen molar-refractivity contribution >= 4 is 32.8 Å². The molecular formula is C17H22N6O3S. The quantitative estimate of drug-likeness (QED) is 0.707. The van der Waals surface area contributed by atoms with Gasteiger partial charge in [-0.15, -0.1) is 0 Å². The van der Waals surface area contributed by atoms with Crippen LogP contribution >= 0.6 is 0 Å². The average Bonchev–Trinajstić information content (AvgIpc) is 3.40. The number of hydrogen-bond acceptors (Lipinski definition) is 5. The van der Waals surface area contributed by atoms with Gasteiger partial charge in [-0.3, -0.25) is 9.12 Å². The monoisotopic (exact) mass is 390 g/mol. The lowest BCUT2D eigenvalue weighted by Crippen LogP contribution is -2.33. The summed E-state index contributed by atoms with van der Waals surface area (Å²) in [6, 6.07) is 0. The van der Waals surface area contributed by atoms with E-state index in [1.165, 1.54) is 9.87 Å². The molecular weight excluding hydrogens is 368 g/mol. The van der Waals surface area contributed by atoms with E-state index < -0.39 is 10.2 Å². The maximum atomic E-state index is 12.5. The predicted molar refractivity (Wildman–Crippen MR) is 101 cm³/mol. The van der Waals surface area contributed by atoms with Crippen molar-refractivity contribution in [2.24, 2.45) is 0 Å². The summed E-state index contributed by atoms with van der Waals surface area (Å²) in [5.74, 6) is 0.711. The zero-order valence-electron chi connectivity index (χ0n) is 14.9. The Balaban J connectivity index is 1.54. The van der Waals surface area contributed by atoms with Crippen LogP contribution in [0.4, 0.5) is 5.82 Å². The molecule has 0 spiro atoms. The van der Waals surface area contributed by atoms with Gasteiger partial charge in [-0.05, 0) is 37.2 Å². The van der Waals surface area contributed by atoms with E-state index in [1.54, 1.807) is 12.4 Å². The molecule has 144 valence electrons. The highest BCUT2D eigenvalue weighted by molar-refractivity contribution is 7.90. The number of imidazole rings is 1. The van der Waals surface area contributed by atoms with E-state index in [4.69, 9.17) is 4.74 Å². The average molecular weight is 390 g/mol. The van der Waals surface area contributed by atoms with Gasteiger partial charge in [0.2, 0.25) is 0 Å². The first kappa shape index (κ1) is 17.0. The molecule has 0 radical (unpaired) electrons. The van der Waals surface area contributed by atoms with Crippen molar-refractivity contribution in [2.75, 3.05) is 31.0 Å². The van der Waals surface area contributed by atoms with Crippen molar-refractivity contribution in [3.63, 3.8) is 0 Å². The molecule has 9 nitrogen and oxygen atoms in total. The van der Waals surface area contributed by atoms with Gasteiger partial charge < -0.3 is 9.72 Å². The van der Waals surface area contributed by atoms with Crippen LogP contribution < -0.4 is 4.72 Å². The summed E-state index contributed by atoms with van der Waals surface area (Å²) in [6.45, 7) is 2.62. The fourth-order valence-corrected chi connectivity index (χ4v) is 5.28. The van der Waals surface area contributed by atoms with E-state index in [0.717, 1.165) is 50.1 Å². The first-order chi connectivity index (χ1) is 13.1. The van der Waals surface area contributed by atoms with Gasteiger partial charge in [0.05, 0.1) is 17.9 Å². The van der Waals surface area contributed by atoms with E-state index in [0.29, 0.717) is 30.5 Å². The Hall–Kier alpha value is -2.17. The molecule has 2 N–H and O–H groups in total. The van der Waals surface area contributed by atoms with E-state index in [2.05, 4.69) is 19.7 Å². The maximum Gasteiger partial charge on any atom is 0.302 e. The molecule has 27 heavy (non-hydrogen) atoms. The smallest absolute Gasteiger partial charge is 0.302 e. The van der Waals surface area contributed by atoms with Gasteiger partial charge in [0.1, 0.15) is 0 Å². The molecule has 0 atom stereocenters. The van der Waals surface area contributed by atoms with E-state index in [-0.39, 0.29) is 0 Å². The second-order valence-electron chi connectivity index (χ2n) is 7.15.